The molecule has 0 radical (unpaired) electrons. The van der Waals surface area contributed by atoms with Crippen molar-refractivity contribution in [2.24, 2.45) is 5.92 Å². The highest BCUT2D eigenvalue weighted by Crippen LogP contribution is 2.36. The summed E-state index contributed by atoms with van der Waals surface area (Å²) >= 11 is 7.64. The summed E-state index contributed by atoms with van der Waals surface area (Å²) in [6.45, 7) is 5.14. The third kappa shape index (κ3) is 2.35. The van der Waals surface area contributed by atoms with E-state index in [4.69, 9.17) is 16.3 Å². The zero-order valence-electron chi connectivity index (χ0n) is 9.07. The van der Waals surface area contributed by atoms with Crippen LogP contribution in [0.15, 0.2) is 5.38 Å². The maximum atomic E-state index is 5.92. The molecule has 2 unspecified atom stereocenters. The topological polar surface area (TPSA) is 22.1 Å². The molecule has 1 aliphatic rings. The van der Waals surface area contributed by atoms with Crippen LogP contribution < -0.4 is 0 Å². The Morgan fingerprint density at radius 1 is 1.67 bits per heavy atom. The van der Waals surface area contributed by atoms with Gasteiger partial charge in [0, 0.05) is 29.7 Å². The molecule has 0 spiro atoms. The van der Waals surface area contributed by atoms with E-state index < -0.39 is 0 Å². The number of hydrogen-bond donors (Lipinski definition) is 0. The summed E-state index contributed by atoms with van der Waals surface area (Å²) in [5, 5.41) is 3.30. The van der Waals surface area contributed by atoms with Gasteiger partial charge in [-0.2, -0.15) is 0 Å². The van der Waals surface area contributed by atoms with Gasteiger partial charge in [-0.1, -0.05) is 13.8 Å². The number of ether oxygens (including phenoxy) is 1. The lowest BCUT2D eigenvalue weighted by Gasteiger charge is -2.13. The molecule has 1 saturated heterocycles. The van der Waals surface area contributed by atoms with Gasteiger partial charge in [-0.05, 0) is 6.42 Å². The zero-order valence-corrected chi connectivity index (χ0v) is 10.6. The second-order valence-corrected chi connectivity index (χ2v) is 5.46. The van der Waals surface area contributed by atoms with Crippen molar-refractivity contribution in [3.63, 3.8) is 0 Å². The number of thiazole rings is 1. The Labute approximate surface area is 99.6 Å². The third-order valence-electron chi connectivity index (χ3n) is 2.74. The average Bonchev–Trinajstić information content (AvgIpc) is 2.85. The molecule has 0 amide bonds. The molecule has 2 heterocycles. The molecule has 0 aromatic carbocycles. The van der Waals surface area contributed by atoms with Gasteiger partial charge >= 0.3 is 0 Å². The predicted molar refractivity (Wildman–Crippen MR) is 63.7 cm³/mol. The first-order chi connectivity index (χ1) is 7.22. The predicted octanol–water partition coefficient (Wildman–Crippen LogP) is 3.58. The molecule has 1 aromatic rings. The Bertz CT molecular complexity index is 326. The van der Waals surface area contributed by atoms with E-state index in [1.54, 1.807) is 11.3 Å². The van der Waals surface area contributed by atoms with Crippen LogP contribution in [0.4, 0.5) is 0 Å². The van der Waals surface area contributed by atoms with E-state index in [0.717, 1.165) is 18.7 Å². The summed E-state index contributed by atoms with van der Waals surface area (Å²) in [7, 11) is 0. The van der Waals surface area contributed by atoms with Crippen molar-refractivity contribution in [2.75, 3.05) is 12.5 Å². The summed E-state index contributed by atoms with van der Waals surface area (Å²) < 4.78 is 5.70. The van der Waals surface area contributed by atoms with Gasteiger partial charge in [-0.15, -0.1) is 22.9 Å². The van der Waals surface area contributed by atoms with Crippen LogP contribution in [-0.4, -0.2) is 17.5 Å². The molecule has 0 bridgehead atoms. The van der Waals surface area contributed by atoms with Gasteiger partial charge in [-0.3, -0.25) is 0 Å². The van der Waals surface area contributed by atoms with Crippen LogP contribution in [-0.2, 0) is 4.74 Å². The van der Waals surface area contributed by atoms with E-state index in [0.29, 0.717) is 17.7 Å². The number of nitrogens with zero attached hydrogens (tertiary/aromatic N) is 1. The fraction of sp³-hybridized carbons (Fsp3) is 0.727. The molecule has 2 atom stereocenters. The minimum atomic E-state index is 0.131. The van der Waals surface area contributed by atoms with E-state index in [9.17, 15) is 0 Å². The quantitative estimate of drug-likeness (QED) is 0.760. The Morgan fingerprint density at radius 2 is 2.47 bits per heavy atom. The van der Waals surface area contributed by atoms with Gasteiger partial charge in [0.1, 0.15) is 6.10 Å². The molecule has 2 rings (SSSR count). The normalized spacial score (nSPS) is 26.4. The summed E-state index contributed by atoms with van der Waals surface area (Å²) in [4.78, 5) is 4.62. The van der Waals surface area contributed by atoms with E-state index in [1.165, 1.54) is 5.01 Å². The monoisotopic (exact) mass is 245 g/mol. The largest absolute Gasteiger partial charge is 0.372 e. The highest BCUT2D eigenvalue weighted by molar-refractivity contribution is 7.09. The lowest BCUT2D eigenvalue weighted by molar-refractivity contribution is 0.0921. The number of alkyl halides is 1. The van der Waals surface area contributed by atoms with Crippen molar-refractivity contribution in [1.29, 1.82) is 0 Å². The fourth-order valence-electron chi connectivity index (χ4n) is 1.82. The molecule has 0 saturated carbocycles. The molecular formula is C11H16ClNOS. The first kappa shape index (κ1) is 11.4. The lowest BCUT2D eigenvalue weighted by Crippen LogP contribution is -2.09. The van der Waals surface area contributed by atoms with Crippen LogP contribution in [0.1, 0.15) is 43.0 Å². The molecule has 84 valence electrons. The van der Waals surface area contributed by atoms with Crippen LogP contribution in [0.5, 0.6) is 0 Å². The molecule has 1 aliphatic heterocycles. The zero-order chi connectivity index (χ0) is 10.8. The molecule has 0 N–H and O–H groups in total. The lowest BCUT2D eigenvalue weighted by atomic mass is 10.0. The van der Waals surface area contributed by atoms with Crippen LogP contribution in [0.25, 0.3) is 0 Å². The van der Waals surface area contributed by atoms with Crippen molar-refractivity contribution in [3.8, 4) is 0 Å². The number of halogens is 1. The van der Waals surface area contributed by atoms with E-state index in [1.807, 2.05) is 0 Å². The summed E-state index contributed by atoms with van der Waals surface area (Å²) in [6, 6.07) is 0. The Hall–Kier alpha value is -0.120. The minimum Gasteiger partial charge on any atom is -0.372 e. The number of hydrogen-bond acceptors (Lipinski definition) is 3. The maximum absolute atomic E-state index is 5.92. The first-order valence-electron chi connectivity index (χ1n) is 5.35. The summed E-state index contributed by atoms with van der Waals surface area (Å²) in [6.07, 6.45) is 1.19. The summed E-state index contributed by atoms with van der Waals surface area (Å²) in [5.74, 6) is 1.60. The van der Waals surface area contributed by atoms with Crippen molar-refractivity contribution in [3.05, 3.63) is 16.1 Å². The van der Waals surface area contributed by atoms with Gasteiger partial charge in [0.25, 0.3) is 0 Å². The van der Waals surface area contributed by atoms with Gasteiger partial charge in [0.2, 0.25) is 0 Å². The molecule has 2 nitrogen and oxygen atoms in total. The molecule has 1 fully saturated rings. The van der Waals surface area contributed by atoms with Gasteiger partial charge in [-0.25, -0.2) is 4.98 Å². The Morgan fingerprint density at radius 3 is 3.07 bits per heavy atom. The van der Waals surface area contributed by atoms with Crippen molar-refractivity contribution < 1.29 is 4.74 Å². The van der Waals surface area contributed by atoms with Gasteiger partial charge in [0.05, 0.1) is 10.7 Å². The highest BCUT2D eigenvalue weighted by atomic mass is 35.5. The second kappa shape index (κ2) is 4.81. The SMILES string of the molecule is CC(C)c1nc(C2OCCC2CCl)cs1. The number of aromatic nitrogens is 1. The smallest absolute Gasteiger partial charge is 0.104 e. The third-order valence-corrected chi connectivity index (χ3v) is 4.30. The van der Waals surface area contributed by atoms with Crippen molar-refractivity contribution in [2.45, 2.75) is 32.3 Å². The molecule has 15 heavy (non-hydrogen) atoms. The fourth-order valence-corrected chi connectivity index (χ4v) is 2.99. The molecular weight excluding hydrogens is 230 g/mol. The van der Waals surface area contributed by atoms with Crippen LogP contribution in [0.2, 0.25) is 0 Å². The highest BCUT2D eigenvalue weighted by Gasteiger charge is 2.30. The summed E-state index contributed by atoms with van der Waals surface area (Å²) in [5.41, 5.74) is 1.08. The molecule has 4 heteroatoms. The van der Waals surface area contributed by atoms with E-state index >= 15 is 0 Å². The van der Waals surface area contributed by atoms with E-state index in [2.05, 4.69) is 24.2 Å². The number of rotatable bonds is 3. The second-order valence-electron chi connectivity index (χ2n) is 4.26. The standard InChI is InChI=1S/C11H16ClNOS/c1-7(2)11-13-9(6-15-11)10-8(5-12)3-4-14-10/h6-8,10H,3-5H2,1-2H3. The van der Waals surface area contributed by atoms with Gasteiger partial charge < -0.3 is 4.74 Å². The minimum absolute atomic E-state index is 0.131. The van der Waals surface area contributed by atoms with E-state index in [-0.39, 0.29) is 6.10 Å². The average molecular weight is 246 g/mol. The first-order valence-corrected chi connectivity index (χ1v) is 6.76. The maximum Gasteiger partial charge on any atom is 0.104 e. The van der Waals surface area contributed by atoms with Crippen molar-refractivity contribution in [1.82, 2.24) is 4.98 Å². The Kier molecular flexibility index (Phi) is 3.65. The van der Waals surface area contributed by atoms with Crippen molar-refractivity contribution >= 4 is 22.9 Å². The molecule has 0 aliphatic carbocycles. The Balaban J connectivity index is 2.14. The van der Waals surface area contributed by atoms with Crippen LogP contribution in [0, 0.1) is 5.92 Å². The molecule has 1 aromatic heterocycles. The van der Waals surface area contributed by atoms with Crippen LogP contribution in [0.3, 0.4) is 0 Å². The van der Waals surface area contributed by atoms with Crippen LogP contribution >= 0.6 is 22.9 Å². The van der Waals surface area contributed by atoms with Gasteiger partial charge in [0.15, 0.2) is 0 Å².